The van der Waals surface area contributed by atoms with Crippen LogP contribution in [0, 0.1) is 13.8 Å². The van der Waals surface area contributed by atoms with Crippen LogP contribution in [0.4, 0.5) is 0 Å². The fourth-order valence-corrected chi connectivity index (χ4v) is 2.07. The van der Waals surface area contributed by atoms with Gasteiger partial charge in [0.25, 0.3) is 0 Å². The van der Waals surface area contributed by atoms with Crippen molar-refractivity contribution in [1.29, 1.82) is 0 Å². The smallest absolute Gasteiger partial charge is 0.123 e. The molecule has 0 unspecified atom stereocenters. The van der Waals surface area contributed by atoms with Gasteiger partial charge in [0.05, 0.1) is 6.04 Å². The third-order valence-electron chi connectivity index (χ3n) is 2.97. The predicted octanol–water partition coefficient (Wildman–Crippen LogP) is 3.06. The molecule has 0 saturated heterocycles. The molecule has 0 aliphatic carbocycles. The number of aryl methyl sites for hydroxylation is 2. The summed E-state index contributed by atoms with van der Waals surface area (Å²) in [5.41, 5.74) is 9.97. The highest BCUT2D eigenvalue weighted by Gasteiger charge is 2.14. The Kier molecular flexibility index (Phi) is 3.16. The maximum absolute atomic E-state index is 10.1. The average Bonchev–Trinajstić information content (AvgIpc) is 2.34. The zero-order chi connectivity index (χ0) is 12.4. The van der Waals surface area contributed by atoms with Crippen molar-refractivity contribution in [2.24, 2.45) is 5.73 Å². The van der Waals surface area contributed by atoms with E-state index in [2.05, 4.69) is 0 Å². The lowest BCUT2D eigenvalue weighted by Gasteiger charge is -2.16. The Morgan fingerprint density at radius 2 is 1.71 bits per heavy atom. The third kappa shape index (κ3) is 2.32. The van der Waals surface area contributed by atoms with Crippen molar-refractivity contribution >= 4 is 0 Å². The molecule has 0 saturated carbocycles. The SMILES string of the molecule is Cc1cc(C)c(O)c([C@@H](N)c2ccccc2)c1. The van der Waals surface area contributed by atoms with Crippen LogP contribution in [0.3, 0.4) is 0 Å². The van der Waals surface area contributed by atoms with Gasteiger partial charge in [-0.1, -0.05) is 48.0 Å². The molecule has 0 fully saturated rings. The Bertz CT molecular complexity index is 520. The topological polar surface area (TPSA) is 46.2 Å². The lowest BCUT2D eigenvalue weighted by Crippen LogP contribution is -2.12. The molecule has 0 amide bonds. The van der Waals surface area contributed by atoms with E-state index in [1.54, 1.807) is 0 Å². The second-order valence-corrected chi connectivity index (χ2v) is 4.41. The van der Waals surface area contributed by atoms with Crippen molar-refractivity contribution in [3.05, 3.63) is 64.7 Å². The number of nitrogens with two attached hydrogens (primary N) is 1. The number of phenolic OH excluding ortho intramolecular Hbond substituents is 1. The molecule has 3 N–H and O–H groups in total. The molecule has 2 aromatic rings. The first-order valence-corrected chi connectivity index (χ1v) is 5.70. The molecular weight excluding hydrogens is 210 g/mol. The molecule has 0 spiro atoms. The molecule has 2 heteroatoms. The molecule has 1 atom stereocenters. The summed E-state index contributed by atoms with van der Waals surface area (Å²) in [5, 5.41) is 10.1. The molecule has 17 heavy (non-hydrogen) atoms. The maximum atomic E-state index is 10.1. The first-order chi connectivity index (χ1) is 8.09. The summed E-state index contributed by atoms with van der Waals surface area (Å²) in [6.07, 6.45) is 0. The van der Waals surface area contributed by atoms with Crippen LogP contribution in [0.1, 0.15) is 28.3 Å². The largest absolute Gasteiger partial charge is 0.507 e. The number of aromatic hydroxyl groups is 1. The summed E-state index contributed by atoms with van der Waals surface area (Å²) >= 11 is 0. The molecule has 2 nitrogen and oxygen atoms in total. The van der Waals surface area contributed by atoms with Gasteiger partial charge in [-0.3, -0.25) is 0 Å². The highest BCUT2D eigenvalue weighted by molar-refractivity contribution is 5.47. The van der Waals surface area contributed by atoms with Crippen LogP contribution in [0.25, 0.3) is 0 Å². The molecule has 0 aliphatic heterocycles. The normalized spacial score (nSPS) is 12.4. The molecule has 2 aromatic carbocycles. The van der Waals surface area contributed by atoms with Gasteiger partial charge in [0.15, 0.2) is 0 Å². The van der Waals surface area contributed by atoms with Crippen molar-refractivity contribution in [2.75, 3.05) is 0 Å². The summed E-state index contributed by atoms with van der Waals surface area (Å²) in [6.45, 7) is 3.90. The van der Waals surface area contributed by atoms with Gasteiger partial charge < -0.3 is 10.8 Å². The van der Waals surface area contributed by atoms with E-state index >= 15 is 0 Å². The van der Waals surface area contributed by atoms with Crippen LogP contribution in [0.15, 0.2) is 42.5 Å². The van der Waals surface area contributed by atoms with Crippen LogP contribution in [0.5, 0.6) is 5.75 Å². The third-order valence-corrected chi connectivity index (χ3v) is 2.97. The average molecular weight is 227 g/mol. The van der Waals surface area contributed by atoms with Crippen LogP contribution in [0.2, 0.25) is 0 Å². The quantitative estimate of drug-likeness (QED) is 0.828. The van der Waals surface area contributed by atoms with Gasteiger partial charge in [-0.2, -0.15) is 0 Å². The Hall–Kier alpha value is -1.80. The van der Waals surface area contributed by atoms with E-state index in [0.717, 1.165) is 22.3 Å². The summed E-state index contributed by atoms with van der Waals surface area (Å²) in [6, 6.07) is 13.4. The Morgan fingerprint density at radius 1 is 1.06 bits per heavy atom. The van der Waals surface area contributed by atoms with Gasteiger partial charge >= 0.3 is 0 Å². The van der Waals surface area contributed by atoms with E-state index < -0.39 is 0 Å². The van der Waals surface area contributed by atoms with Crippen molar-refractivity contribution in [1.82, 2.24) is 0 Å². The molecule has 2 rings (SSSR count). The summed E-state index contributed by atoms with van der Waals surface area (Å²) in [5.74, 6) is 0.298. The Morgan fingerprint density at radius 3 is 2.35 bits per heavy atom. The summed E-state index contributed by atoms with van der Waals surface area (Å²) in [7, 11) is 0. The molecule has 0 radical (unpaired) electrons. The first kappa shape index (κ1) is 11.7. The molecule has 0 aromatic heterocycles. The number of phenols is 1. The fourth-order valence-electron chi connectivity index (χ4n) is 2.07. The van der Waals surface area contributed by atoms with Gasteiger partial charge in [-0.25, -0.2) is 0 Å². The van der Waals surface area contributed by atoms with Crippen LogP contribution in [-0.2, 0) is 0 Å². The predicted molar refractivity (Wildman–Crippen MR) is 70.1 cm³/mol. The van der Waals surface area contributed by atoms with E-state index in [1.807, 2.05) is 56.3 Å². The highest BCUT2D eigenvalue weighted by atomic mass is 16.3. The van der Waals surface area contributed by atoms with E-state index in [9.17, 15) is 5.11 Å². The zero-order valence-corrected chi connectivity index (χ0v) is 10.1. The number of hydrogen-bond acceptors (Lipinski definition) is 2. The van der Waals surface area contributed by atoms with Gasteiger partial charge in [0.2, 0.25) is 0 Å². The van der Waals surface area contributed by atoms with Gasteiger partial charge in [-0.15, -0.1) is 0 Å². The second-order valence-electron chi connectivity index (χ2n) is 4.41. The molecule has 88 valence electrons. The minimum atomic E-state index is -0.283. The lowest BCUT2D eigenvalue weighted by atomic mass is 9.95. The van der Waals surface area contributed by atoms with Gasteiger partial charge in [0, 0.05) is 5.56 Å². The minimum Gasteiger partial charge on any atom is -0.507 e. The minimum absolute atomic E-state index is 0.283. The van der Waals surface area contributed by atoms with E-state index in [-0.39, 0.29) is 6.04 Å². The van der Waals surface area contributed by atoms with Crippen LogP contribution < -0.4 is 5.73 Å². The van der Waals surface area contributed by atoms with Crippen molar-refractivity contribution in [2.45, 2.75) is 19.9 Å². The van der Waals surface area contributed by atoms with Crippen molar-refractivity contribution in [3.63, 3.8) is 0 Å². The summed E-state index contributed by atoms with van der Waals surface area (Å²) < 4.78 is 0. The maximum Gasteiger partial charge on any atom is 0.123 e. The van der Waals surface area contributed by atoms with Crippen LogP contribution in [-0.4, -0.2) is 5.11 Å². The Balaban J connectivity index is 2.48. The van der Waals surface area contributed by atoms with E-state index in [1.165, 1.54) is 0 Å². The van der Waals surface area contributed by atoms with Crippen molar-refractivity contribution in [3.8, 4) is 5.75 Å². The Labute approximate surface area is 102 Å². The zero-order valence-electron chi connectivity index (χ0n) is 10.1. The van der Waals surface area contributed by atoms with Crippen molar-refractivity contribution < 1.29 is 5.11 Å². The molecule has 0 aliphatic rings. The van der Waals surface area contributed by atoms with Gasteiger partial charge in [-0.05, 0) is 25.0 Å². The number of hydrogen-bond donors (Lipinski definition) is 2. The van der Waals surface area contributed by atoms with E-state index in [4.69, 9.17) is 5.73 Å². The molecular formula is C15H17NO. The van der Waals surface area contributed by atoms with Gasteiger partial charge in [0.1, 0.15) is 5.75 Å². The highest BCUT2D eigenvalue weighted by Crippen LogP contribution is 2.31. The number of benzene rings is 2. The van der Waals surface area contributed by atoms with E-state index in [0.29, 0.717) is 5.75 Å². The fraction of sp³-hybridized carbons (Fsp3) is 0.200. The van der Waals surface area contributed by atoms with Crippen LogP contribution >= 0.6 is 0 Å². The first-order valence-electron chi connectivity index (χ1n) is 5.70. The lowest BCUT2D eigenvalue weighted by molar-refractivity contribution is 0.461. The number of rotatable bonds is 2. The standard InChI is InChI=1S/C15H17NO/c1-10-8-11(2)15(17)13(9-10)14(16)12-6-4-3-5-7-12/h3-9,14,17H,16H2,1-2H3/t14-/m0/s1. The molecule has 0 heterocycles. The monoisotopic (exact) mass is 227 g/mol. The summed E-state index contributed by atoms with van der Waals surface area (Å²) in [4.78, 5) is 0. The second kappa shape index (κ2) is 4.60. The molecule has 0 bridgehead atoms.